The van der Waals surface area contributed by atoms with Crippen molar-refractivity contribution in [3.63, 3.8) is 0 Å². The second-order valence-corrected chi connectivity index (χ2v) is 18.4. The Balaban J connectivity index is 0.804. The van der Waals surface area contributed by atoms with Crippen molar-refractivity contribution in [1.82, 2.24) is 15.3 Å². The van der Waals surface area contributed by atoms with Crippen molar-refractivity contribution >= 4 is 22.8 Å². The predicted octanol–water partition coefficient (Wildman–Crippen LogP) is 10.8. The van der Waals surface area contributed by atoms with Gasteiger partial charge in [0.1, 0.15) is 35.9 Å². The lowest BCUT2D eigenvalue weighted by Crippen LogP contribution is -2.41. The molecule has 9 atom stereocenters. The number of nitrogens with zero attached hydrogens (tertiary/aromatic N) is 4. The second kappa shape index (κ2) is 13.2. The van der Waals surface area contributed by atoms with Crippen LogP contribution in [0.2, 0.25) is 0 Å². The topological polar surface area (TPSA) is 81.0 Å². The van der Waals surface area contributed by atoms with Crippen LogP contribution in [0, 0.1) is 40.9 Å². The Labute approximate surface area is 346 Å². The highest BCUT2D eigenvalue weighted by molar-refractivity contribution is 6.12. The molecule has 1 aromatic heterocycles. The van der Waals surface area contributed by atoms with Crippen molar-refractivity contribution in [2.75, 3.05) is 0 Å². The summed E-state index contributed by atoms with van der Waals surface area (Å²) in [5.74, 6) is 8.56. The minimum Gasteiger partial charge on any atom is -0.490 e. The van der Waals surface area contributed by atoms with Gasteiger partial charge in [0.15, 0.2) is 12.0 Å². The SMILES string of the molecule is C1=CC(C2=NC(c3ccccc3)N=C(C3C=CC(C45CC4C4CC4C4=C5C5CCC(c6nc(C7=CCCC=C7)nc7c6COc6ccccc6-7)=CC5O4)CC3)N2)=CCC1. The van der Waals surface area contributed by atoms with E-state index in [1.165, 1.54) is 36.2 Å². The zero-order chi connectivity index (χ0) is 38.7. The van der Waals surface area contributed by atoms with Gasteiger partial charge in [-0.1, -0.05) is 91.1 Å². The molecular formula is C52H49N5O2. The Morgan fingerprint density at radius 2 is 1.61 bits per heavy atom. The van der Waals surface area contributed by atoms with Crippen molar-refractivity contribution in [1.29, 1.82) is 0 Å². The predicted molar refractivity (Wildman–Crippen MR) is 232 cm³/mol. The molecule has 7 aliphatic carbocycles. The Kier molecular flexibility index (Phi) is 7.69. The number of hydrogen-bond donors (Lipinski definition) is 1. The normalized spacial score (nSPS) is 34.1. The molecule has 0 bridgehead atoms. The van der Waals surface area contributed by atoms with Crippen LogP contribution in [0.1, 0.15) is 93.0 Å². The van der Waals surface area contributed by atoms with Crippen LogP contribution in [0.15, 0.2) is 136 Å². The maximum atomic E-state index is 7.20. The first kappa shape index (κ1) is 34.3. The highest BCUT2D eigenvalue weighted by Gasteiger charge is 2.74. The molecule has 1 N–H and O–H groups in total. The number of nitrogens with one attached hydrogen (secondary N) is 1. The fourth-order valence-electron chi connectivity index (χ4n) is 12.3. The molecule has 0 amide bonds. The largest absolute Gasteiger partial charge is 0.490 e. The summed E-state index contributed by atoms with van der Waals surface area (Å²) in [7, 11) is 0. The van der Waals surface area contributed by atoms with Crippen LogP contribution in [0.25, 0.3) is 22.4 Å². The van der Waals surface area contributed by atoms with E-state index in [0.29, 0.717) is 24.4 Å². The number of benzene rings is 2. The third-order valence-corrected chi connectivity index (χ3v) is 15.2. The lowest BCUT2D eigenvalue weighted by Gasteiger charge is -2.37. The van der Waals surface area contributed by atoms with Gasteiger partial charge in [0.05, 0.1) is 11.4 Å². The quantitative estimate of drug-likeness (QED) is 0.252. The van der Waals surface area contributed by atoms with Gasteiger partial charge in [0.2, 0.25) is 0 Å². The lowest BCUT2D eigenvalue weighted by molar-refractivity contribution is 0.135. The van der Waals surface area contributed by atoms with Gasteiger partial charge < -0.3 is 14.8 Å². The number of ether oxygens (including phenoxy) is 2. The Bertz CT molecular complexity index is 2590. The maximum absolute atomic E-state index is 7.20. The van der Waals surface area contributed by atoms with E-state index in [1.54, 1.807) is 5.57 Å². The molecule has 2 saturated carbocycles. The van der Waals surface area contributed by atoms with Crippen molar-refractivity contribution in [2.45, 2.75) is 83.1 Å². The van der Waals surface area contributed by atoms with Crippen molar-refractivity contribution in [3.8, 4) is 17.0 Å². The molecule has 0 radical (unpaired) electrons. The summed E-state index contributed by atoms with van der Waals surface area (Å²) in [5, 5.41) is 3.73. The summed E-state index contributed by atoms with van der Waals surface area (Å²) in [4.78, 5) is 21.0. The molecule has 294 valence electrons. The Hall–Kier alpha value is -5.56. The molecule has 7 heteroatoms. The first-order valence-electron chi connectivity index (χ1n) is 22.3. The van der Waals surface area contributed by atoms with Gasteiger partial charge in [0.25, 0.3) is 0 Å². The minimum absolute atomic E-state index is 0.0674. The van der Waals surface area contributed by atoms with E-state index >= 15 is 0 Å². The van der Waals surface area contributed by atoms with E-state index in [-0.39, 0.29) is 23.6 Å². The summed E-state index contributed by atoms with van der Waals surface area (Å²) >= 11 is 0. The molecule has 9 unspecified atom stereocenters. The summed E-state index contributed by atoms with van der Waals surface area (Å²) in [6.07, 6.45) is 32.2. The molecule has 0 saturated heterocycles. The van der Waals surface area contributed by atoms with Gasteiger partial charge in [-0.05, 0) is 117 Å². The number of allylic oxidation sites excluding steroid dienone is 9. The average Bonchev–Trinajstić information content (AvgIpc) is 4.24. The summed E-state index contributed by atoms with van der Waals surface area (Å²) in [6.45, 7) is 0.485. The molecule has 3 aromatic rings. The monoisotopic (exact) mass is 775 g/mol. The maximum Gasteiger partial charge on any atom is 0.169 e. The van der Waals surface area contributed by atoms with Crippen molar-refractivity contribution in [2.24, 2.45) is 50.9 Å². The van der Waals surface area contributed by atoms with E-state index in [4.69, 9.17) is 29.4 Å². The Morgan fingerprint density at radius 1 is 0.780 bits per heavy atom. The van der Waals surface area contributed by atoms with Crippen LogP contribution < -0.4 is 10.1 Å². The molecule has 2 fully saturated rings. The van der Waals surface area contributed by atoms with Gasteiger partial charge in [-0.2, -0.15) is 0 Å². The van der Waals surface area contributed by atoms with Crippen LogP contribution >= 0.6 is 0 Å². The van der Waals surface area contributed by atoms with Crippen LogP contribution in [-0.2, 0) is 11.3 Å². The molecular weight excluding hydrogens is 727 g/mol. The highest BCUT2D eigenvalue weighted by Crippen LogP contribution is 2.80. The summed E-state index contributed by atoms with van der Waals surface area (Å²) in [5.41, 5.74) is 10.9. The summed E-state index contributed by atoms with van der Waals surface area (Å²) in [6, 6.07) is 18.9. The fourth-order valence-corrected chi connectivity index (χ4v) is 12.3. The zero-order valence-electron chi connectivity index (χ0n) is 33.4. The zero-order valence-corrected chi connectivity index (χ0v) is 33.4. The van der Waals surface area contributed by atoms with Gasteiger partial charge in [-0.25, -0.2) is 20.0 Å². The van der Waals surface area contributed by atoms with E-state index in [1.807, 2.05) is 6.07 Å². The van der Waals surface area contributed by atoms with E-state index in [9.17, 15) is 0 Å². The molecule has 59 heavy (non-hydrogen) atoms. The molecule has 4 heterocycles. The van der Waals surface area contributed by atoms with E-state index < -0.39 is 0 Å². The number of amidine groups is 2. The van der Waals surface area contributed by atoms with E-state index in [2.05, 4.69) is 109 Å². The van der Waals surface area contributed by atoms with Crippen LogP contribution in [0.3, 0.4) is 0 Å². The number of hydrogen-bond acceptors (Lipinski definition) is 7. The van der Waals surface area contributed by atoms with Gasteiger partial charge in [0, 0.05) is 45.4 Å². The molecule has 2 aromatic carbocycles. The minimum atomic E-state index is -0.227. The smallest absolute Gasteiger partial charge is 0.169 e. The molecule has 3 aliphatic heterocycles. The van der Waals surface area contributed by atoms with Gasteiger partial charge in [-0.15, -0.1) is 0 Å². The molecule has 0 spiro atoms. The second-order valence-electron chi connectivity index (χ2n) is 18.4. The number of para-hydroxylation sites is 1. The van der Waals surface area contributed by atoms with Crippen LogP contribution in [-0.4, -0.2) is 27.7 Å². The van der Waals surface area contributed by atoms with Gasteiger partial charge in [-0.3, -0.25) is 0 Å². The number of rotatable bonds is 6. The number of aromatic nitrogens is 2. The van der Waals surface area contributed by atoms with Gasteiger partial charge >= 0.3 is 0 Å². The number of fused-ring (bicyclic) bond motifs is 10. The average molecular weight is 776 g/mol. The first-order chi connectivity index (χ1) is 29.2. The highest BCUT2D eigenvalue weighted by atomic mass is 16.5. The molecule has 7 nitrogen and oxygen atoms in total. The van der Waals surface area contributed by atoms with E-state index in [0.717, 1.165) is 114 Å². The lowest BCUT2D eigenvalue weighted by atomic mass is 9.66. The molecule has 10 aliphatic rings. The first-order valence-corrected chi connectivity index (χ1v) is 22.3. The summed E-state index contributed by atoms with van der Waals surface area (Å²) < 4.78 is 13.6. The molecule has 13 rings (SSSR count). The van der Waals surface area contributed by atoms with Crippen LogP contribution in [0.5, 0.6) is 5.75 Å². The third kappa shape index (κ3) is 5.45. The van der Waals surface area contributed by atoms with Crippen molar-refractivity contribution < 1.29 is 9.47 Å². The number of aliphatic imine (C=N–C) groups is 2. The Morgan fingerprint density at radius 3 is 2.44 bits per heavy atom. The standard InChI is InChI=1S/C52H49N5O2/c1-4-12-30(13-5-1)48-53-45(40-29-58-42-19-11-10-18-37(42)46(40)54-48)34-22-25-36-43(26-34)59-47-39-27-38(39)41-28-52(41,44(36)47)35-23-20-33(21-24-35)51-56-49(31-14-6-2-7-15-31)55-50(57-51)32-16-8-3-9-17-32/h2,4,6-8,10-20,23,26,33,35-36,38-39,41,43,49H,1,3,5,9,21-22,24-25,27-29H2,(H,55,56,57). The fraction of sp³-hybridized carbons (Fsp3) is 0.385. The van der Waals surface area contributed by atoms with Crippen molar-refractivity contribution in [3.05, 3.63) is 149 Å². The third-order valence-electron chi connectivity index (χ3n) is 15.2. The van der Waals surface area contributed by atoms with Crippen LogP contribution in [0.4, 0.5) is 0 Å².